The molecule has 126 valence electrons. The second-order valence-corrected chi connectivity index (χ2v) is 5.75. The molecule has 0 saturated carbocycles. The minimum absolute atomic E-state index is 0.645. The molecule has 0 aliphatic heterocycles. The quantitative estimate of drug-likeness (QED) is 0.590. The van der Waals surface area contributed by atoms with Crippen LogP contribution < -0.4 is 5.32 Å². The van der Waals surface area contributed by atoms with Crippen molar-refractivity contribution in [3.05, 3.63) is 90.9 Å². The van der Waals surface area contributed by atoms with Gasteiger partial charge in [-0.3, -0.25) is 9.97 Å². The Kier molecular flexibility index (Phi) is 4.60. The summed E-state index contributed by atoms with van der Waals surface area (Å²) in [5, 5.41) is 3.39. The average Bonchev–Trinajstić information content (AvgIpc) is 2.74. The minimum atomic E-state index is 0.645. The van der Waals surface area contributed by atoms with E-state index in [4.69, 9.17) is 0 Å². The fraction of sp³-hybridized carbons (Fsp3) is 0.0476. The molecule has 0 atom stereocenters. The smallest absolute Gasteiger partial charge is 0.162 e. The lowest BCUT2D eigenvalue weighted by atomic mass is 10.2. The van der Waals surface area contributed by atoms with E-state index in [1.807, 2.05) is 54.6 Å². The van der Waals surface area contributed by atoms with Gasteiger partial charge in [-0.05, 0) is 29.8 Å². The molecule has 26 heavy (non-hydrogen) atoms. The van der Waals surface area contributed by atoms with Gasteiger partial charge in [0.15, 0.2) is 5.82 Å². The van der Waals surface area contributed by atoms with Crippen molar-refractivity contribution in [1.82, 2.24) is 19.9 Å². The molecular formula is C21H17N5. The molecule has 0 amide bonds. The second-order valence-electron chi connectivity index (χ2n) is 5.75. The van der Waals surface area contributed by atoms with Crippen LogP contribution in [0.25, 0.3) is 22.8 Å². The first-order valence-electron chi connectivity index (χ1n) is 8.37. The normalized spacial score (nSPS) is 10.5. The number of nitrogens with one attached hydrogen (secondary N) is 1. The van der Waals surface area contributed by atoms with E-state index in [0.717, 1.165) is 22.8 Å². The largest absolute Gasteiger partial charge is 0.366 e. The van der Waals surface area contributed by atoms with Gasteiger partial charge in [0.05, 0.1) is 11.4 Å². The van der Waals surface area contributed by atoms with Crippen molar-refractivity contribution in [2.24, 2.45) is 0 Å². The van der Waals surface area contributed by atoms with E-state index in [-0.39, 0.29) is 0 Å². The molecule has 0 unspecified atom stereocenters. The van der Waals surface area contributed by atoms with E-state index in [9.17, 15) is 0 Å². The van der Waals surface area contributed by atoms with E-state index < -0.39 is 0 Å². The first kappa shape index (κ1) is 15.9. The topological polar surface area (TPSA) is 63.6 Å². The zero-order valence-electron chi connectivity index (χ0n) is 14.1. The Bertz CT molecular complexity index is 915. The van der Waals surface area contributed by atoms with Crippen molar-refractivity contribution >= 4 is 5.82 Å². The fourth-order valence-corrected chi connectivity index (χ4v) is 2.60. The summed E-state index contributed by atoms with van der Waals surface area (Å²) < 4.78 is 0. The van der Waals surface area contributed by atoms with E-state index in [0.29, 0.717) is 12.4 Å². The summed E-state index contributed by atoms with van der Waals surface area (Å²) in [5.74, 6) is 1.41. The summed E-state index contributed by atoms with van der Waals surface area (Å²) in [5.41, 5.74) is 3.70. The number of anilines is 1. The van der Waals surface area contributed by atoms with Crippen LogP contribution in [-0.2, 0) is 6.54 Å². The molecule has 1 N–H and O–H groups in total. The molecule has 5 nitrogen and oxygen atoms in total. The van der Waals surface area contributed by atoms with E-state index >= 15 is 0 Å². The predicted molar refractivity (Wildman–Crippen MR) is 102 cm³/mol. The van der Waals surface area contributed by atoms with Gasteiger partial charge in [0.2, 0.25) is 0 Å². The molecule has 0 spiro atoms. The zero-order valence-corrected chi connectivity index (χ0v) is 14.1. The van der Waals surface area contributed by atoms with Crippen molar-refractivity contribution in [2.75, 3.05) is 5.32 Å². The summed E-state index contributed by atoms with van der Waals surface area (Å²) in [7, 11) is 0. The Labute approximate surface area is 151 Å². The first-order valence-corrected chi connectivity index (χ1v) is 8.37. The fourth-order valence-electron chi connectivity index (χ4n) is 2.60. The Balaban J connectivity index is 1.70. The Morgan fingerprint density at radius 2 is 1.54 bits per heavy atom. The molecule has 0 saturated heterocycles. The summed E-state index contributed by atoms with van der Waals surface area (Å²) in [6.45, 7) is 0.690. The maximum absolute atomic E-state index is 4.69. The molecule has 4 rings (SSSR count). The molecule has 1 aromatic carbocycles. The number of hydrogen-bond donors (Lipinski definition) is 1. The van der Waals surface area contributed by atoms with Gasteiger partial charge in [-0.2, -0.15) is 0 Å². The Hall–Kier alpha value is -3.60. The minimum Gasteiger partial charge on any atom is -0.366 e. The number of pyridine rings is 2. The summed E-state index contributed by atoms with van der Waals surface area (Å²) in [6, 6.07) is 21.7. The van der Waals surface area contributed by atoms with Gasteiger partial charge in [0.25, 0.3) is 0 Å². The van der Waals surface area contributed by atoms with Crippen LogP contribution in [0.15, 0.2) is 85.3 Å². The van der Waals surface area contributed by atoms with Crippen LogP contribution >= 0.6 is 0 Å². The molecule has 0 fully saturated rings. The molecule has 3 heterocycles. The first-order chi connectivity index (χ1) is 12.9. The van der Waals surface area contributed by atoms with Crippen LogP contribution in [-0.4, -0.2) is 19.9 Å². The van der Waals surface area contributed by atoms with Crippen molar-refractivity contribution in [2.45, 2.75) is 6.54 Å². The van der Waals surface area contributed by atoms with Crippen LogP contribution in [0, 0.1) is 0 Å². The molecule has 4 aromatic rings. The number of hydrogen-bond acceptors (Lipinski definition) is 5. The van der Waals surface area contributed by atoms with Crippen LogP contribution in [0.3, 0.4) is 0 Å². The summed E-state index contributed by atoms with van der Waals surface area (Å²) >= 11 is 0. The Morgan fingerprint density at radius 3 is 2.31 bits per heavy atom. The highest BCUT2D eigenvalue weighted by Crippen LogP contribution is 2.23. The van der Waals surface area contributed by atoms with Gasteiger partial charge in [0, 0.05) is 36.8 Å². The van der Waals surface area contributed by atoms with Gasteiger partial charge in [-0.25, -0.2) is 9.97 Å². The molecule has 0 bridgehead atoms. The van der Waals surface area contributed by atoms with Gasteiger partial charge in [-0.15, -0.1) is 0 Å². The van der Waals surface area contributed by atoms with Crippen LogP contribution in [0.1, 0.15) is 5.56 Å². The summed E-state index contributed by atoms with van der Waals surface area (Å²) in [6.07, 6.45) is 5.24. The van der Waals surface area contributed by atoms with Crippen LogP contribution in [0.5, 0.6) is 0 Å². The molecule has 3 aromatic heterocycles. The number of benzene rings is 1. The lowest BCUT2D eigenvalue weighted by Gasteiger charge is -2.10. The predicted octanol–water partition coefficient (Wildman–Crippen LogP) is 4.21. The number of aromatic nitrogens is 4. The molecule has 0 aliphatic rings. The lowest BCUT2D eigenvalue weighted by Crippen LogP contribution is -2.04. The molecule has 0 aliphatic carbocycles. The number of rotatable bonds is 5. The van der Waals surface area contributed by atoms with Crippen LogP contribution in [0.2, 0.25) is 0 Å². The highest BCUT2D eigenvalue weighted by molar-refractivity contribution is 5.65. The van der Waals surface area contributed by atoms with Crippen molar-refractivity contribution in [3.63, 3.8) is 0 Å². The second kappa shape index (κ2) is 7.53. The third-order valence-corrected chi connectivity index (χ3v) is 3.91. The van der Waals surface area contributed by atoms with Gasteiger partial charge in [0.1, 0.15) is 5.82 Å². The highest BCUT2D eigenvalue weighted by atomic mass is 15.0. The zero-order chi connectivity index (χ0) is 17.6. The standard InChI is InChI=1S/C21H17N5/c1-2-6-16(7-3-1)15-24-20-14-19(18-8-4-5-11-23-18)25-21(26-20)17-9-12-22-13-10-17/h1-14H,15H2,(H,24,25,26). The van der Waals surface area contributed by atoms with E-state index in [1.54, 1.807) is 18.6 Å². The monoisotopic (exact) mass is 339 g/mol. The van der Waals surface area contributed by atoms with Crippen molar-refractivity contribution < 1.29 is 0 Å². The third-order valence-electron chi connectivity index (χ3n) is 3.91. The average molecular weight is 339 g/mol. The van der Waals surface area contributed by atoms with Crippen molar-refractivity contribution in [1.29, 1.82) is 0 Å². The molecule has 0 radical (unpaired) electrons. The molecule has 5 heteroatoms. The number of nitrogens with zero attached hydrogens (tertiary/aromatic N) is 4. The SMILES string of the molecule is c1ccc(CNc2cc(-c3ccccn3)nc(-c3ccncc3)n2)cc1. The van der Waals surface area contributed by atoms with Crippen LogP contribution in [0.4, 0.5) is 5.82 Å². The maximum Gasteiger partial charge on any atom is 0.162 e. The lowest BCUT2D eigenvalue weighted by molar-refractivity contribution is 1.08. The van der Waals surface area contributed by atoms with E-state index in [2.05, 4.69) is 37.4 Å². The van der Waals surface area contributed by atoms with Gasteiger partial charge in [-0.1, -0.05) is 36.4 Å². The third kappa shape index (κ3) is 3.72. The maximum atomic E-state index is 4.69. The Morgan fingerprint density at radius 1 is 0.731 bits per heavy atom. The van der Waals surface area contributed by atoms with Gasteiger partial charge >= 0.3 is 0 Å². The summed E-state index contributed by atoms with van der Waals surface area (Å²) in [4.78, 5) is 17.8. The van der Waals surface area contributed by atoms with Crippen molar-refractivity contribution in [3.8, 4) is 22.8 Å². The molecular weight excluding hydrogens is 322 g/mol. The van der Waals surface area contributed by atoms with Gasteiger partial charge < -0.3 is 5.32 Å². The van der Waals surface area contributed by atoms with E-state index in [1.165, 1.54) is 5.56 Å². The highest BCUT2D eigenvalue weighted by Gasteiger charge is 2.09.